The number of anilines is 1. The third kappa shape index (κ3) is 4.46. The van der Waals surface area contributed by atoms with Gasteiger partial charge in [-0.2, -0.15) is 0 Å². The number of hydrogen-bond donors (Lipinski definition) is 2. The lowest BCUT2D eigenvalue weighted by Crippen LogP contribution is -2.34. The summed E-state index contributed by atoms with van der Waals surface area (Å²) in [6, 6.07) is 9.13. The molecular weight excluding hydrogens is 386 g/mol. The fourth-order valence-corrected chi connectivity index (χ4v) is 2.75. The molecule has 28 heavy (non-hydrogen) atoms. The van der Waals surface area contributed by atoms with Crippen molar-refractivity contribution in [2.75, 3.05) is 25.1 Å². The first-order valence-electron chi connectivity index (χ1n) is 8.41. The van der Waals surface area contributed by atoms with Gasteiger partial charge in [0.1, 0.15) is 13.2 Å². The van der Waals surface area contributed by atoms with E-state index in [2.05, 4.69) is 10.6 Å². The third-order valence-corrected chi connectivity index (χ3v) is 3.95. The van der Waals surface area contributed by atoms with Gasteiger partial charge in [0.15, 0.2) is 22.4 Å². The molecule has 2 N–H and O–H groups in total. The minimum absolute atomic E-state index is 0.0400. The smallest absolute Gasteiger partial charge is 0.311 e. The molecule has 1 aliphatic rings. The lowest BCUT2D eigenvalue weighted by molar-refractivity contribution is -0.385. The van der Waals surface area contributed by atoms with E-state index in [4.69, 9.17) is 26.4 Å². The Bertz CT molecular complexity index is 934. The van der Waals surface area contributed by atoms with Crippen molar-refractivity contribution in [3.63, 3.8) is 0 Å². The molecule has 0 aliphatic carbocycles. The Kier molecular flexibility index (Phi) is 5.90. The van der Waals surface area contributed by atoms with Crippen molar-refractivity contribution in [3.8, 4) is 17.2 Å². The largest absolute Gasteiger partial charge is 0.487 e. The molecule has 10 heteroatoms. The number of rotatable bonds is 5. The highest BCUT2D eigenvalue weighted by molar-refractivity contribution is 7.80. The van der Waals surface area contributed by atoms with Crippen molar-refractivity contribution < 1.29 is 23.9 Å². The van der Waals surface area contributed by atoms with Gasteiger partial charge in [-0.1, -0.05) is 0 Å². The van der Waals surface area contributed by atoms with Crippen LogP contribution in [0.3, 0.4) is 0 Å². The van der Waals surface area contributed by atoms with E-state index < -0.39 is 10.8 Å². The average Bonchev–Trinajstić information content (AvgIpc) is 2.68. The zero-order valence-corrected chi connectivity index (χ0v) is 15.7. The van der Waals surface area contributed by atoms with Crippen LogP contribution in [0.2, 0.25) is 0 Å². The number of thiocarbonyl (C=S) groups is 1. The summed E-state index contributed by atoms with van der Waals surface area (Å²) in [6.07, 6.45) is 0. The molecule has 146 valence electrons. The second kappa shape index (κ2) is 8.53. The van der Waals surface area contributed by atoms with Crippen molar-refractivity contribution in [3.05, 3.63) is 52.1 Å². The van der Waals surface area contributed by atoms with Crippen molar-refractivity contribution in [1.29, 1.82) is 0 Å². The summed E-state index contributed by atoms with van der Waals surface area (Å²) in [5, 5.41) is 16.6. The van der Waals surface area contributed by atoms with Crippen LogP contribution in [0.4, 0.5) is 11.4 Å². The summed E-state index contributed by atoms with van der Waals surface area (Å²) < 4.78 is 16.1. The van der Waals surface area contributed by atoms with Gasteiger partial charge in [0.2, 0.25) is 0 Å². The maximum Gasteiger partial charge on any atom is 0.311 e. The monoisotopic (exact) mass is 403 g/mol. The molecule has 9 nitrogen and oxygen atoms in total. The molecule has 3 rings (SSSR count). The molecule has 0 saturated carbocycles. The highest BCUT2D eigenvalue weighted by Gasteiger charge is 2.19. The molecule has 2 aromatic rings. The van der Waals surface area contributed by atoms with Gasteiger partial charge < -0.3 is 19.5 Å². The van der Waals surface area contributed by atoms with E-state index in [1.165, 1.54) is 12.1 Å². The van der Waals surface area contributed by atoms with Crippen molar-refractivity contribution in [2.24, 2.45) is 0 Å². The van der Waals surface area contributed by atoms with Gasteiger partial charge >= 0.3 is 5.69 Å². The molecule has 0 spiro atoms. The van der Waals surface area contributed by atoms with E-state index in [-0.39, 0.29) is 28.7 Å². The Morgan fingerprint density at radius 1 is 1.21 bits per heavy atom. The molecule has 0 aromatic heterocycles. The number of nitrogens with one attached hydrogen (secondary N) is 2. The molecule has 0 fully saturated rings. The Hall–Kier alpha value is -3.40. The Morgan fingerprint density at radius 3 is 2.68 bits per heavy atom. The summed E-state index contributed by atoms with van der Waals surface area (Å²) in [5.41, 5.74) is 0.397. The zero-order chi connectivity index (χ0) is 20.1. The SMILES string of the molecule is CCOc1ccc(C(=O)NC(=S)Nc2ccc3c(c2)OCCO3)cc1[N+](=O)[O-]. The van der Waals surface area contributed by atoms with E-state index in [9.17, 15) is 14.9 Å². The van der Waals surface area contributed by atoms with Crippen LogP contribution in [0.25, 0.3) is 0 Å². The number of ether oxygens (including phenoxy) is 3. The second-order valence-electron chi connectivity index (χ2n) is 5.64. The molecule has 0 radical (unpaired) electrons. The molecule has 2 aromatic carbocycles. The van der Waals surface area contributed by atoms with Crippen LogP contribution in [0.5, 0.6) is 17.2 Å². The predicted molar refractivity (Wildman–Crippen MR) is 105 cm³/mol. The molecule has 1 aliphatic heterocycles. The molecule has 0 atom stereocenters. The fourth-order valence-electron chi connectivity index (χ4n) is 2.54. The first kappa shape index (κ1) is 19.4. The fraction of sp³-hybridized carbons (Fsp3) is 0.222. The van der Waals surface area contributed by atoms with Crippen LogP contribution in [-0.2, 0) is 0 Å². The number of carbonyl (C=O) groups excluding carboxylic acids is 1. The third-order valence-electron chi connectivity index (χ3n) is 3.74. The number of hydrogen-bond acceptors (Lipinski definition) is 7. The van der Waals surface area contributed by atoms with Crippen LogP contribution in [0.15, 0.2) is 36.4 Å². The Balaban J connectivity index is 1.68. The van der Waals surface area contributed by atoms with Crippen molar-refractivity contribution >= 4 is 34.6 Å². The van der Waals surface area contributed by atoms with Crippen LogP contribution in [-0.4, -0.2) is 35.8 Å². The van der Waals surface area contributed by atoms with Crippen molar-refractivity contribution in [1.82, 2.24) is 5.32 Å². The highest BCUT2D eigenvalue weighted by Crippen LogP contribution is 2.32. The summed E-state index contributed by atoms with van der Waals surface area (Å²) >= 11 is 5.15. The Labute approximate surface area is 165 Å². The van der Waals surface area contributed by atoms with Crippen molar-refractivity contribution in [2.45, 2.75) is 6.92 Å². The second-order valence-corrected chi connectivity index (χ2v) is 6.05. The minimum atomic E-state index is -0.604. The summed E-state index contributed by atoms with van der Waals surface area (Å²) in [4.78, 5) is 23.0. The number of nitro groups is 1. The lowest BCUT2D eigenvalue weighted by atomic mass is 10.1. The molecule has 0 unspecified atom stereocenters. The van der Waals surface area contributed by atoms with E-state index in [0.717, 1.165) is 6.07 Å². The normalized spacial score (nSPS) is 12.0. The van der Waals surface area contributed by atoms with Gasteiger partial charge in [-0.3, -0.25) is 20.2 Å². The standard InChI is InChI=1S/C18H17N3O6S/c1-2-25-14-5-3-11(9-13(14)21(23)24)17(22)20-18(28)19-12-4-6-15-16(10-12)27-8-7-26-15/h3-6,9-10H,2,7-8H2,1H3,(H2,19,20,22,28). The maximum absolute atomic E-state index is 12.4. The van der Waals surface area contributed by atoms with Crippen LogP contribution >= 0.6 is 12.2 Å². The number of amides is 1. The van der Waals surface area contributed by atoms with E-state index >= 15 is 0 Å². The molecule has 0 bridgehead atoms. The van der Waals surface area contributed by atoms with Gasteiger partial charge in [-0.25, -0.2) is 0 Å². The summed E-state index contributed by atoms with van der Waals surface area (Å²) in [7, 11) is 0. The first-order valence-corrected chi connectivity index (χ1v) is 8.82. The number of carbonyl (C=O) groups is 1. The van der Waals surface area contributed by atoms with Crippen LogP contribution in [0, 0.1) is 10.1 Å². The van der Waals surface area contributed by atoms with Gasteiger partial charge in [0, 0.05) is 23.4 Å². The Morgan fingerprint density at radius 2 is 1.96 bits per heavy atom. The minimum Gasteiger partial charge on any atom is -0.487 e. The van der Waals surface area contributed by atoms with Gasteiger partial charge in [-0.05, 0) is 43.4 Å². The van der Waals surface area contributed by atoms with Gasteiger partial charge in [0.05, 0.1) is 11.5 Å². The summed E-state index contributed by atoms with van der Waals surface area (Å²) in [6.45, 7) is 2.93. The lowest BCUT2D eigenvalue weighted by Gasteiger charge is -2.19. The molecule has 1 heterocycles. The number of benzene rings is 2. The topological polar surface area (TPSA) is 112 Å². The molecule has 0 saturated heterocycles. The number of fused-ring (bicyclic) bond motifs is 1. The predicted octanol–water partition coefficient (Wildman–Crippen LogP) is 2.89. The van der Waals surface area contributed by atoms with Crippen LogP contribution < -0.4 is 24.8 Å². The maximum atomic E-state index is 12.4. The summed E-state index contributed by atoms with van der Waals surface area (Å²) in [5.74, 6) is 0.725. The zero-order valence-electron chi connectivity index (χ0n) is 14.9. The number of nitro benzene ring substituents is 1. The molecular formula is C18H17N3O6S. The van der Waals surface area contributed by atoms with Gasteiger partial charge in [-0.15, -0.1) is 0 Å². The van der Waals surface area contributed by atoms with E-state index in [1.54, 1.807) is 25.1 Å². The van der Waals surface area contributed by atoms with E-state index in [0.29, 0.717) is 30.4 Å². The quantitative estimate of drug-likeness (QED) is 0.445. The average molecular weight is 403 g/mol. The van der Waals surface area contributed by atoms with E-state index in [1.807, 2.05) is 0 Å². The van der Waals surface area contributed by atoms with Crippen LogP contribution in [0.1, 0.15) is 17.3 Å². The number of nitrogens with zero attached hydrogens (tertiary/aromatic N) is 1. The van der Waals surface area contributed by atoms with Gasteiger partial charge in [0.25, 0.3) is 5.91 Å². The first-order chi connectivity index (χ1) is 13.5. The highest BCUT2D eigenvalue weighted by atomic mass is 32.1. The molecule has 1 amide bonds.